The highest BCUT2D eigenvalue weighted by Gasteiger charge is 2.20. The van der Waals surface area contributed by atoms with E-state index in [-0.39, 0.29) is 0 Å². The van der Waals surface area contributed by atoms with Gasteiger partial charge in [0.15, 0.2) is 0 Å². The molecule has 14 heavy (non-hydrogen) atoms. The highest BCUT2D eigenvalue weighted by molar-refractivity contribution is 6.30. The van der Waals surface area contributed by atoms with Gasteiger partial charge in [0.2, 0.25) is 0 Å². The van der Waals surface area contributed by atoms with Crippen molar-refractivity contribution < 1.29 is 0 Å². The second-order valence-electron chi connectivity index (χ2n) is 4.12. The van der Waals surface area contributed by atoms with E-state index in [1.54, 1.807) is 0 Å². The summed E-state index contributed by atoms with van der Waals surface area (Å²) in [4.78, 5) is 2.41. The molecule has 1 aromatic rings. The van der Waals surface area contributed by atoms with E-state index in [9.17, 15) is 0 Å². The van der Waals surface area contributed by atoms with Crippen LogP contribution in [0.4, 0.5) is 5.69 Å². The lowest BCUT2D eigenvalue weighted by molar-refractivity contribution is 0.537. The first kappa shape index (κ1) is 9.85. The van der Waals surface area contributed by atoms with Crippen LogP contribution in [0.15, 0.2) is 18.2 Å². The van der Waals surface area contributed by atoms with Crippen molar-refractivity contribution in [3.05, 3.63) is 28.8 Å². The van der Waals surface area contributed by atoms with Crippen LogP contribution < -0.4 is 4.90 Å². The Bertz CT molecular complexity index is 335. The molecule has 1 aliphatic heterocycles. The minimum Gasteiger partial charge on any atom is -0.371 e. The Hall–Kier alpha value is -0.690. The highest BCUT2D eigenvalue weighted by atomic mass is 35.5. The molecule has 2 rings (SSSR count). The second kappa shape index (κ2) is 3.82. The predicted molar refractivity (Wildman–Crippen MR) is 62.2 cm³/mol. The Balaban J connectivity index is 2.41. The first-order valence-electron chi connectivity index (χ1n) is 5.24. The van der Waals surface area contributed by atoms with Crippen molar-refractivity contribution in [3.8, 4) is 0 Å². The van der Waals surface area contributed by atoms with Crippen LogP contribution >= 0.6 is 11.6 Å². The maximum atomic E-state index is 6.01. The Morgan fingerprint density at radius 1 is 1.50 bits per heavy atom. The van der Waals surface area contributed by atoms with Gasteiger partial charge in [-0.25, -0.2) is 0 Å². The second-order valence-corrected chi connectivity index (χ2v) is 4.56. The van der Waals surface area contributed by atoms with Gasteiger partial charge < -0.3 is 4.90 Å². The lowest BCUT2D eigenvalue weighted by atomic mass is 9.94. The van der Waals surface area contributed by atoms with Gasteiger partial charge in [0.05, 0.1) is 0 Å². The summed E-state index contributed by atoms with van der Waals surface area (Å²) in [5.74, 6) is 0.753. The third kappa shape index (κ3) is 1.74. The summed E-state index contributed by atoms with van der Waals surface area (Å²) in [6, 6.07) is 6.24. The van der Waals surface area contributed by atoms with Gasteiger partial charge in [-0.15, -0.1) is 0 Å². The summed E-state index contributed by atoms with van der Waals surface area (Å²) in [7, 11) is 0. The molecule has 0 bridgehead atoms. The largest absolute Gasteiger partial charge is 0.371 e. The molecule has 1 aromatic carbocycles. The highest BCUT2D eigenvalue weighted by Crippen LogP contribution is 2.31. The molecule has 0 saturated heterocycles. The lowest BCUT2D eigenvalue weighted by Gasteiger charge is -2.34. The molecule has 1 unspecified atom stereocenters. The van der Waals surface area contributed by atoms with Gasteiger partial charge in [0, 0.05) is 23.8 Å². The monoisotopic (exact) mass is 209 g/mol. The van der Waals surface area contributed by atoms with Crippen molar-refractivity contribution in [1.82, 2.24) is 0 Å². The topological polar surface area (TPSA) is 3.24 Å². The fraction of sp³-hybridized carbons (Fsp3) is 0.500. The van der Waals surface area contributed by atoms with Crippen molar-refractivity contribution in [2.45, 2.75) is 20.3 Å². The standard InChI is InChI=1S/C12H16ClN/c1-3-14-8-9(2)6-10-4-5-11(13)7-12(10)14/h4-5,7,9H,3,6,8H2,1-2H3. The van der Waals surface area contributed by atoms with Crippen LogP contribution in [-0.4, -0.2) is 13.1 Å². The zero-order chi connectivity index (χ0) is 10.1. The number of fused-ring (bicyclic) bond motifs is 1. The van der Waals surface area contributed by atoms with Gasteiger partial charge in [0.25, 0.3) is 0 Å². The maximum absolute atomic E-state index is 6.01. The van der Waals surface area contributed by atoms with Crippen molar-refractivity contribution in [1.29, 1.82) is 0 Å². The Kier molecular flexibility index (Phi) is 2.69. The first-order valence-corrected chi connectivity index (χ1v) is 5.62. The molecule has 0 N–H and O–H groups in total. The molecule has 0 spiro atoms. The molecule has 1 aliphatic rings. The third-order valence-corrected chi connectivity index (χ3v) is 3.11. The number of rotatable bonds is 1. The minimum absolute atomic E-state index is 0.753. The predicted octanol–water partition coefficient (Wildman–Crippen LogP) is 3.36. The SMILES string of the molecule is CCN1CC(C)Cc2ccc(Cl)cc21. The van der Waals surface area contributed by atoms with E-state index in [0.717, 1.165) is 24.0 Å². The van der Waals surface area contributed by atoms with Gasteiger partial charge in [0.1, 0.15) is 0 Å². The molecular formula is C12H16ClN. The van der Waals surface area contributed by atoms with E-state index in [0.29, 0.717) is 0 Å². The molecule has 0 aromatic heterocycles. The van der Waals surface area contributed by atoms with Crippen LogP contribution in [0, 0.1) is 5.92 Å². The maximum Gasteiger partial charge on any atom is 0.0426 e. The Morgan fingerprint density at radius 3 is 3.00 bits per heavy atom. The zero-order valence-electron chi connectivity index (χ0n) is 8.76. The van der Waals surface area contributed by atoms with E-state index >= 15 is 0 Å². The summed E-state index contributed by atoms with van der Waals surface area (Å²) < 4.78 is 0. The van der Waals surface area contributed by atoms with E-state index in [1.807, 2.05) is 6.07 Å². The summed E-state index contributed by atoms with van der Waals surface area (Å²) in [5, 5.41) is 0.844. The summed E-state index contributed by atoms with van der Waals surface area (Å²) >= 11 is 6.01. The van der Waals surface area contributed by atoms with Crippen molar-refractivity contribution in [2.24, 2.45) is 5.92 Å². The molecule has 76 valence electrons. The van der Waals surface area contributed by atoms with Crippen LogP contribution in [-0.2, 0) is 6.42 Å². The average Bonchev–Trinajstić information content (AvgIpc) is 2.17. The van der Waals surface area contributed by atoms with E-state index < -0.39 is 0 Å². The zero-order valence-corrected chi connectivity index (χ0v) is 9.51. The number of hydrogen-bond acceptors (Lipinski definition) is 1. The molecule has 0 radical (unpaired) electrons. The van der Waals surface area contributed by atoms with E-state index in [1.165, 1.54) is 17.7 Å². The number of anilines is 1. The number of halogens is 1. The molecule has 1 heterocycles. The van der Waals surface area contributed by atoms with Crippen molar-refractivity contribution >= 4 is 17.3 Å². The molecule has 0 amide bonds. The minimum atomic E-state index is 0.753. The number of nitrogens with zero attached hydrogens (tertiary/aromatic N) is 1. The molecule has 0 saturated carbocycles. The lowest BCUT2D eigenvalue weighted by Crippen LogP contribution is -2.33. The van der Waals surface area contributed by atoms with Crippen molar-refractivity contribution in [3.63, 3.8) is 0 Å². The fourth-order valence-electron chi connectivity index (χ4n) is 2.22. The van der Waals surface area contributed by atoms with Gasteiger partial charge in [-0.05, 0) is 37.0 Å². The smallest absolute Gasteiger partial charge is 0.0426 e. The molecule has 2 heteroatoms. The van der Waals surface area contributed by atoms with Gasteiger partial charge in [-0.2, -0.15) is 0 Å². The van der Waals surface area contributed by atoms with Crippen LogP contribution in [0.5, 0.6) is 0 Å². The Labute approximate surface area is 90.7 Å². The normalized spacial score (nSPS) is 20.8. The molecule has 1 nitrogen and oxygen atoms in total. The number of hydrogen-bond donors (Lipinski definition) is 0. The summed E-state index contributed by atoms with van der Waals surface area (Å²) in [6.07, 6.45) is 1.18. The fourth-order valence-corrected chi connectivity index (χ4v) is 2.38. The molecule has 1 atom stereocenters. The van der Waals surface area contributed by atoms with Gasteiger partial charge >= 0.3 is 0 Å². The van der Waals surface area contributed by atoms with Crippen LogP contribution in [0.1, 0.15) is 19.4 Å². The van der Waals surface area contributed by atoms with Crippen LogP contribution in [0.25, 0.3) is 0 Å². The van der Waals surface area contributed by atoms with Gasteiger partial charge in [-0.3, -0.25) is 0 Å². The Morgan fingerprint density at radius 2 is 2.29 bits per heavy atom. The summed E-state index contributed by atoms with van der Waals surface area (Å²) in [5.41, 5.74) is 2.77. The molecular weight excluding hydrogens is 194 g/mol. The van der Waals surface area contributed by atoms with Crippen LogP contribution in [0.2, 0.25) is 5.02 Å². The quantitative estimate of drug-likeness (QED) is 0.686. The number of benzene rings is 1. The first-order chi connectivity index (χ1) is 6.70. The third-order valence-electron chi connectivity index (χ3n) is 2.87. The van der Waals surface area contributed by atoms with Gasteiger partial charge in [-0.1, -0.05) is 24.6 Å². The van der Waals surface area contributed by atoms with Crippen LogP contribution in [0.3, 0.4) is 0 Å². The average molecular weight is 210 g/mol. The summed E-state index contributed by atoms with van der Waals surface area (Å²) in [6.45, 7) is 6.73. The molecule has 0 aliphatic carbocycles. The van der Waals surface area contributed by atoms with E-state index in [4.69, 9.17) is 11.6 Å². The van der Waals surface area contributed by atoms with Crippen molar-refractivity contribution in [2.75, 3.05) is 18.0 Å². The molecule has 0 fully saturated rings. The van der Waals surface area contributed by atoms with E-state index in [2.05, 4.69) is 30.9 Å².